The maximum absolute atomic E-state index is 13.9. The molecule has 43 heavy (non-hydrogen) atoms. The largest absolute Gasteiger partial charge is 0.469 e. The molecule has 1 fully saturated rings. The fourth-order valence-electron chi connectivity index (χ4n) is 6.11. The van der Waals surface area contributed by atoms with Crippen LogP contribution in [0.5, 0.6) is 0 Å². The zero-order valence-corrected chi connectivity index (χ0v) is 24.8. The van der Waals surface area contributed by atoms with Crippen molar-refractivity contribution in [2.24, 2.45) is 0 Å². The number of halogens is 1. The predicted octanol–water partition coefficient (Wildman–Crippen LogP) is 4.08. The van der Waals surface area contributed by atoms with Crippen molar-refractivity contribution in [3.8, 4) is 11.3 Å². The van der Waals surface area contributed by atoms with Crippen LogP contribution >= 0.6 is 11.6 Å². The smallest absolute Gasteiger partial charge is 0.307 e. The molecule has 3 aliphatic heterocycles. The Bertz CT molecular complexity index is 1520. The Morgan fingerprint density at radius 2 is 1.81 bits per heavy atom. The molecule has 224 valence electrons. The van der Waals surface area contributed by atoms with Crippen molar-refractivity contribution in [2.45, 2.75) is 44.2 Å². The zero-order chi connectivity index (χ0) is 29.9. The molecule has 2 aromatic carbocycles. The van der Waals surface area contributed by atoms with E-state index < -0.39 is 12.0 Å². The normalized spacial score (nSPS) is 18.6. The van der Waals surface area contributed by atoms with E-state index in [0.29, 0.717) is 59.7 Å². The van der Waals surface area contributed by atoms with Crippen LogP contribution in [-0.2, 0) is 31.9 Å². The summed E-state index contributed by atoms with van der Waals surface area (Å²) in [4.78, 5) is 52.1. The van der Waals surface area contributed by atoms with Crippen molar-refractivity contribution in [1.29, 1.82) is 0 Å². The van der Waals surface area contributed by atoms with Gasteiger partial charge in [-0.2, -0.15) is 0 Å². The summed E-state index contributed by atoms with van der Waals surface area (Å²) in [7, 11) is 1.32. The van der Waals surface area contributed by atoms with Gasteiger partial charge in [0, 0.05) is 43.5 Å². The lowest BCUT2D eigenvalue weighted by molar-refractivity contribution is -0.142. The number of esters is 1. The summed E-state index contributed by atoms with van der Waals surface area (Å²) < 4.78 is 10.4. The highest BCUT2D eigenvalue weighted by molar-refractivity contribution is 6.33. The molecule has 1 aromatic heterocycles. The first kappa shape index (κ1) is 29.1. The molecule has 0 saturated carbocycles. The highest BCUT2D eigenvalue weighted by Gasteiger charge is 2.40. The lowest BCUT2D eigenvalue weighted by Gasteiger charge is -2.28. The number of rotatable bonds is 7. The molecule has 6 rings (SSSR count). The van der Waals surface area contributed by atoms with E-state index in [1.54, 1.807) is 12.3 Å². The van der Waals surface area contributed by atoms with E-state index in [0.717, 1.165) is 25.7 Å². The van der Waals surface area contributed by atoms with Gasteiger partial charge in [0.25, 0.3) is 5.91 Å². The number of hydrogen-bond donors (Lipinski definition) is 1. The van der Waals surface area contributed by atoms with E-state index >= 15 is 0 Å². The molecule has 4 heterocycles. The first-order valence-corrected chi connectivity index (χ1v) is 15.0. The molecule has 1 saturated heterocycles. The van der Waals surface area contributed by atoms with Crippen LogP contribution in [0.2, 0.25) is 5.02 Å². The van der Waals surface area contributed by atoms with E-state index in [2.05, 4.69) is 27.4 Å². The molecule has 3 aliphatic rings. The Balaban J connectivity index is 1.24. The van der Waals surface area contributed by atoms with Gasteiger partial charge in [-0.3, -0.25) is 14.4 Å². The van der Waals surface area contributed by atoms with Crippen LogP contribution in [0.3, 0.4) is 0 Å². The Hall–Kier alpha value is -4.02. The van der Waals surface area contributed by atoms with E-state index in [4.69, 9.17) is 21.1 Å². The fraction of sp³-hybridized carbons (Fsp3) is 0.406. The summed E-state index contributed by atoms with van der Waals surface area (Å²) in [6.07, 6.45) is 4.72. The van der Waals surface area contributed by atoms with Gasteiger partial charge in [0.15, 0.2) is 0 Å². The van der Waals surface area contributed by atoms with Gasteiger partial charge in [0.2, 0.25) is 11.9 Å². The quantitative estimate of drug-likeness (QED) is 0.402. The molecule has 0 spiro atoms. The molecule has 1 unspecified atom stereocenters. The van der Waals surface area contributed by atoms with Crippen molar-refractivity contribution >= 4 is 35.3 Å². The third kappa shape index (κ3) is 6.21. The number of methoxy groups -OCH3 is 1. The van der Waals surface area contributed by atoms with E-state index in [1.165, 1.54) is 23.1 Å². The first-order chi connectivity index (χ1) is 20.9. The highest BCUT2D eigenvalue weighted by Crippen LogP contribution is 2.39. The van der Waals surface area contributed by atoms with Crippen LogP contribution in [0.1, 0.15) is 52.4 Å². The number of anilines is 1. The van der Waals surface area contributed by atoms with E-state index in [-0.39, 0.29) is 30.8 Å². The summed E-state index contributed by atoms with van der Waals surface area (Å²) >= 11 is 6.53. The van der Waals surface area contributed by atoms with Gasteiger partial charge < -0.3 is 24.6 Å². The van der Waals surface area contributed by atoms with Gasteiger partial charge in [-0.15, -0.1) is 0 Å². The van der Waals surface area contributed by atoms with Crippen LogP contribution in [0.25, 0.3) is 11.3 Å². The fourth-order valence-corrected chi connectivity index (χ4v) is 6.31. The number of hydrogen-bond acceptors (Lipinski definition) is 8. The van der Waals surface area contributed by atoms with Gasteiger partial charge in [-0.05, 0) is 48.4 Å². The monoisotopic (exact) mass is 603 g/mol. The maximum Gasteiger partial charge on any atom is 0.307 e. The summed E-state index contributed by atoms with van der Waals surface area (Å²) in [5.74, 6) is -0.469. The lowest BCUT2D eigenvalue weighted by Crippen LogP contribution is -2.43. The molecule has 0 bridgehead atoms. The average molecular weight is 604 g/mol. The molecule has 1 N–H and O–H groups in total. The second kappa shape index (κ2) is 12.7. The Labute approximate surface area is 255 Å². The SMILES string of the molecule is COC(=O)CC1c2ccc(-c3nc(NC4CCOCC4)ncc3Cl)cc2C(=O)N1CC(=O)N1CCc2ccccc2CC1. The number of carbonyl (C=O) groups is 3. The average Bonchev–Trinajstić information content (AvgIpc) is 3.15. The van der Waals surface area contributed by atoms with Crippen LogP contribution in [-0.4, -0.2) is 83.6 Å². The summed E-state index contributed by atoms with van der Waals surface area (Å²) in [6.45, 7) is 2.39. The van der Waals surface area contributed by atoms with Crippen molar-refractivity contribution in [3.05, 3.63) is 75.9 Å². The molecule has 1 atom stereocenters. The minimum Gasteiger partial charge on any atom is -0.469 e. The van der Waals surface area contributed by atoms with Crippen LogP contribution in [0.15, 0.2) is 48.7 Å². The number of carbonyl (C=O) groups excluding carboxylic acids is 3. The molecular weight excluding hydrogens is 570 g/mol. The number of fused-ring (bicyclic) bond motifs is 2. The topological polar surface area (TPSA) is 114 Å². The molecule has 0 aliphatic carbocycles. The van der Waals surface area contributed by atoms with Gasteiger partial charge in [-0.25, -0.2) is 9.97 Å². The summed E-state index contributed by atoms with van der Waals surface area (Å²) in [6, 6.07) is 13.2. The number of benzene rings is 2. The highest BCUT2D eigenvalue weighted by atomic mass is 35.5. The molecule has 3 aromatic rings. The zero-order valence-electron chi connectivity index (χ0n) is 24.1. The minimum absolute atomic E-state index is 0.0548. The molecule has 10 nitrogen and oxygen atoms in total. The maximum atomic E-state index is 13.9. The number of aromatic nitrogens is 2. The third-order valence-corrected chi connectivity index (χ3v) is 8.79. The van der Waals surface area contributed by atoms with Crippen molar-refractivity contribution < 1.29 is 23.9 Å². The Morgan fingerprint density at radius 3 is 2.51 bits per heavy atom. The Kier molecular flexibility index (Phi) is 8.58. The van der Waals surface area contributed by atoms with Crippen LogP contribution in [0.4, 0.5) is 5.95 Å². The van der Waals surface area contributed by atoms with Crippen LogP contribution in [0, 0.1) is 0 Å². The van der Waals surface area contributed by atoms with Gasteiger partial charge in [0.05, 0.1) is 36.5 Å². The standard InChI is InChI=1S/C32H34ClN5O5/c1-42-29(40)17-27-24-7-6-22(30-26(33)18-34-32(36-30)35-23-10-14-43-15-11-23)16-25(24)31(41)38(27)19-28(39)37-12-8-20-4-2-3-5-21(20)9-13-37/h2-7,16,18,23,27H,8-15,17,19H2,1H3,(H,34,35,36). The van der Waals surface area contributed by atoms with Gasteiger partial charge in [0.1, 0.15) is 6.54 Å². The predicted molar refractivity (Wildman–Crippen MR) is 161 cm³/mol. The van der Waals surface area contributed by atoms with Crippen molar-refractivity contribution in [3.63, 3.8) is 0 Å². The molecule has 11 heteroatoms. The lowest BCUT2D eigenvalue weighted by atomic mass is 9.98. The number of nitrogens with zero attached hydrogens (tertiary/aromatic N) is 4. The number of nitrogens with one attached hydrogen (secondary N) is 1. The van der Waals surface area contributed by atoms with Gasteiger partial charge in [-0.1, -0.05) is 48.0 Å². The van der Waals surface area contributed by atoms with Crippen LogP contribution < -0.4 is 5.32 Å². The number of amides is 2. The number of ether oxygens (including phenoxy) is 2. The van der Waals surface area contributed by atoms with E-state index in [9.17, 15) is 14.4 Å². The minimum atomic E-state index is -0.622. The van der Waals surface area contributed by atoms with E-state index in [1.807, 2.05) is 29.2 Å². The first-order valence-electron chi connectivity index (χ1n) is 14.6. The second-order valence-corrected chi connectivity index (χ2v) is 11.5. The Morgan fingerprint density at radius 1 is 1.09 bits per heavy atom. The summed E-state index contributed by atoms with van der Waals surface area (Å²) in [5.41, 5.74) is 4.70. The van der Waals surface area contributed by atoms with Crippen molar-refractivity contribution in [2.75, 3.05) is 45.3 Å². The molecule has 2 amide bonds. The third-order valence-electron chi connectivity index (χ3n) is 8.52. The summed E-state index contributed by atoms with van der Waals surface area (Å²) in [5, 5.41) is 3.71. The second-order valence-electron chi connectivity index (χ2n) is 11.1. The van der Waals surface area contributed by atoms with Gasteiger partial charge >= 0.3 is 5.97 Å². The molecule has 0 radical (unpaired) electrons. The van der Waals surface area contributed by atoms with Crippen molar-refractivity contribution in [1.82, 2.24) is 19.8 Å². The molecular formula is C32H34ClN5O5.